The summed E-state index contributed by atoms with van der Waals surface area (Å²) in [6.07, 6.45) is 0. The fourth-order valence-corrected chi connectivity index (χ4v) is 2.73. The molecular weight excluding hydrogens is 338 g/mol. The van der Waals surface area contributed by atoms with Crippen molar-refractivity contribution in [2.75, 3.05) is 10.6 Å². The third-order valence-electron chi connectivity index (χ3n) is 3.65. The quantitative estimate of drug-likeness (QED) is 0.732. The van der Waals surface area contributed by atoms with E-state index in [1.807, 2.05) is 6.07 Å². The van der Waals surface area contributed by atoms with E-state index in [1.165, 1.54) is 6.92 Å². The van der Waals surface area contributed by atoms with Crippen LogP contribution in [0.5, 0.6) is 0 Å². The number of nitrogens with one attached hydrogen (secondary N) is 2. The summed E-state index contributed by atoms with van der Waals surface area (Å²) < 4.78 is 0. The Labute approximate surface area is 150 Å². The summed E-state index contributed by atoms with van der Waals surface area (Å²) in [5, 5.41) is 6.90. The molecule has 0 saturated heterocycles. The number of benzene rings is 2. The molecule has 0 bridgehead atoms. The van der Waals surface area contributed by atoms with E-state index in [0.29, 0.717) is 27.7 Å². The molecule has 6 heteroatoms. The number of fused-ring (bicyclic) bond motifs is 1. The van der Waals surface area contributed by atoms with Gasteiger partial charge in [-0.05, 0) is 49.4 Å². The maximum atomic E-state index is 12.6. The lowest BCUT2D eigenvalue weighted by molar-refractivity contribution is -0.114. The largest absolute Gasteiger partial charge is 0.326 e. The van der Waals surface area contributed by atoms with Crippen LogP contribution < -0.4 is 10.6 Å². The second-order valence-corrected chi connectivity index (χ2v) is 6.11. The van der Waals surface area contributed by atoms with E-state index < -0.39 is 0 Å². The minimum absolute atomic E-state index is 0.171. The summed E-state index contributed by atoms with van der Waals surface area (Å²) in [7, 11) is 0. The predicted molar refractivity (Wildman–Crippen MR) is 100 cm³/mol. The molecule has 2 amide bonds. The zero-order valence-electron chi connectivity index (χ0n) is 13.8. The zero-order chi connectivity index (χ0) is 18.0. The Bertz CT molecular complexity index is 986. The number of hydrogen-bond acceptors (Lipinski definition) is 3. The number of hydrogen-bond donors (Lipinski definition) is 2. The van der Waals surface area contributed by atoms with Gasteiger partial charge in [-0.3, -0.25) is 14.6 Å². The molecule has 0 aliphatic carbocycles. The van der Waals surface area contributed by atoms with E-state index in [2.05, 4.69) is 15.6 Å². The lowest BCUT2D eigenvalue weighted by atomic mass is 10.1. The fraction of sp³-hybridized carbons (Fsp3) is 0.105. The van der Waals surface area contributed by atoms with Gasteiger partial charge < -0.3 is 10.6 Å². The van der Waals surface area contributed by atoms with Crippen LogP contribution in [0.1, 0.15) is 23.0 Å². The summed E-state index contributed by atoms with van der Waals surface area (Å²) in [4.78, 5) is 28.2. The Morgan fingerprint density at radius 3 is 2.44 bits per heavy atom. The summed E-state index contributed by atoms with van der Waals surface area (Å²) in [5.74, 6) is -0.443. The number of rotatable bonds is 3. The highest BCUT2D eigenvalue weighted by atomic mass is 35.5. The Balaban J connectivity index is 1.89. The topological polar surface area (TPSA) is 71.1 Å². The van der Waals surface area contributed by atoms with Crippen LogP contribution in [0, 0.1) is 6.92 Å². The van der Waals surface area contributed by atoms with Crippen LogP contribution in [-0.4, -0.2) is 16.8 Å². The molecule has 0 radical (unpaired) electrons. The second-order valence-electron chi connectivity index (χ2n) is 5.67. The van der Waals surface area contributed by atoms with Gasteiger partial charge in [0.2, 0.25) is 5.91 Å². The van der Waals surface area contributed by atoms with Crippen molar-refractivity contribution in [2.45, 2.75) is 13.8 Å². The number of aromatic nitrogens is 1. The third kappa shape index (κ3) is 3.95. The van der Waals surface area contributed by atoms with Crippen LogP contribution in [0.4, 0.5) is 11.4 Å². The molecule has 0 unspecified atom stereocenters. The van der Waals surface area contributed by atoms with Crippen LogP contribution >= 0.6 is 11.6 Å². The van der Waals surface area contributed by atoms with Crippen molar-refractivity contribution in [3.63, 3.8) is 0 Å². The molecule has 25 heavy (non-hydrogen) atoms. The molecule has 2 N–H and O–H groups in total. The van der Waals surface area contributed by atoms with E-state index in [1.54, 1.807) is 49.4 Å². The summed E-state index contributed by atoms with van der Waals surface area (Å²) >= 11 is 6.02. The lowest BCUT2D eigenvalue weighted by Crippen LogP contribution is -2.14. The van der Waals surface area contributed by atoms with E-state index in [-0.39, 0.29) is 11.8 Å². The van der Waals surface area contributed by atoms with Gasteiger partial charge in [0.05, 0.1) is 16.8 Å². The first-order valence-corrected chi connectivity index (χ1v) is 8.06. The van der Waals surface area contributed by atoms with Crippen molar-refractivity contribution in [3.05, 3.63) is 64.8 Å². The number of carbonyl (C=O) groups is 2. The number of pyridine rings is 1. The third-order valence-corrected chi connectivity index (χ3v) is 3.89. The smallest absolute Gasteiger partial charge is 0.257 e. The van der Waals surface area contributed by atoms with E-state index in [9.17, 15) is 9.59 Å². The summed E-state index contributed by atoms with van der Waals surface area (Å²) in [6.45, 7) is 3.22. The predicted octanol–water partition coefficient (Wildman–Crippen LogP) is 4.41. The highest BCUT2D eigenvalue weighted by Gasteiger charge is 2.12. The van der Waals surface area contributed by atoms with Crippen LogP contribution in [0.15, 0.2) is 48.5 Å². The summed E-state index contributed by atoms with van der Waals surface area (Å²) in [6, 6.07) is 14.1. The average molecular weight is 354 g/mol. The van der Waals surface area contributed by atoms with Gasteiger partial charge in [0.25, 0.3) is 5.91 Å². The first-order valence-electron chi connectivity index (χ1n) is 7.68. The van der Waals surface area contributed by atoms with Crippen molar-refractivity contribution in [3.8, 4) is 0 Å². The van der Waals surface area contributed by atoms with E-state index in [4.69, 9.17) is 11.6 Å². The molecule has 0 atom stereocenters. The maximum absolute atomic E-state index is 12.6. The Morgan fingerprint density at radius 1 is 1.00 bits per heavy atom. The lowest BCUT2D eigenvalue weighted by Gasteiger charge is -2.10. The van der Waals surface area contributed by atoms with Crippen molar-refractivity contribution < 1.29 is 9.59 Å². The number of aryl methyl sites for hydroxylation is 1. The molecule has 0 saturated carbocycles. The molecule has 0 aliphatic rings. The van der Waals surface area contributed by atoms with Gasteiger partial charge in [-0.2, -0.15) is 0 Å². The molecule has 0 fully saturated rings. The number of carbonyl (C=O) groups excluding carboxylic acids is 2. The molecule has 1 heterocycles. The van der Waals surface area contributed by atoms with Crippen molar-refractivity contribution in [1.29, 1.82) is 0 Å². The highest BCUT2D eigenvalue weighted by molar-refractivity contribution is 6.31. The number of nitrogens with zero attached hydrogens (tertiary/aromatic N) is 1. The van der Waals surface area contributed by atoms with Gasteiger partial charge >= 0.3 is 0 Å². The monoisotopic (exact) mass is 353 g/mol. The minimum Gasteiger partial charge on any atom is -0.326 e. The SMILES string of the molecule is CC(=O)Nc1cccc(NC(=O)c2cc3cc(Cl)ccc3nc2C)c1. The van der Waals surface area contributed by atoms with Crippen LogP contribution in [0.25, 0.3) is 10.9 Å². The van der Waals surface area contributed by atoms with Gasteiger partial charge in [0.15, 0.2) is 0 Å². The number of halogens is 1. The first kappa shape index (κ1) is 16.9. The van der Waals surface area contributed by atoms with Crippen molar-refractivity contribution in [2.24, 2.45) is 0 Å². The minimum atomic E-state index is -0.271. The normalized spacial score (nSPS) is 10.5. The standard InChI is InChI=1S/C19H16ClN3O2/c1-11-17(9-13-8-14(20)6-7-18(13)21-11)19(25)23-16-5-3-4-15(10-16)22-12(2)24/h3-10H,1-2H3,(H,22,24)(H,23,25). The highest BCUT2D eigenvalue weighted by Crippen LogP contribution is 2.22. The molecule has 3 rings (SSSR count). The Morgan fingerprint density at radius 2 is 1.72 bits per heavy atom. The number of anilines is 2. The molecule has 0 aliphatic heterocycles. The molecular formula is C19H16ClN3O2. The molecule has 2 aromatic carbocycles. The zero-order valence-corrected chi connectivity index (χ0v) is 14.5. The average Bonchev–Trinajstić information content (AvgIpc) is 2.54. The van der Waals surface area contributed by atoms with Crippen molar-refractivity contribution in [1.82, 2.24) is 4.98 Å². The Kier molecular flexibility index (Phi) is 4.67. The molecule has 3 aromatic rings. The molecule has 0 spiro atoms. The van der Waals surface area contributed by atoms with Crippen LogP contribution in [-0.2, 0) is 4.79 Å². The van der Waals surface area contributed by atoms with Gasteiger partial charge in [-0.25, -0.2) is 0 Å². The first-order chi connectivity index (χ1) is 11.9. The second kappa shape index (κ2) is 6.91. The van der Waals surface area contributed by atoms with Gasteiger partial charge in [0.1, 0.15) is 0 Å². The number of amides is 2. The molecule has 126 valence electrons. The van der Waals surface area contributed by atoms with Crippen LogP contribution in [0.3, 0.4) is 0 Å². The van der Waals surface area contributed by atoms with Gasteiger partial charge in [-0.1, -0.05) is 17.7 Å². The van der Waals surface area contributed by atoms with Gasteiger partial charge in [-0.15, -0.1) is 0 Å². The molecule has 5 nitrogen and oxygen atoms in total. The summed E-state index contributed by atoms with van der Waals surface area (Å²) in [5.41, 5.74) is 3.09. The van der Waals surface area contributed by atoms with Crippen molar-refractivity contribution >= 4 is 45.7 Å². The maximum Gasteiger partial charge on any atom is 0.257 e. The Hall–Kier alpha value is -2.92. The van der Waals surface area contributed by atoms with Gasteiger partial charge in [0, 0.05) is 28.7 Å². The fourth-order valence-electron chi connectivity index (χ4n) is 2.55. The van der Waals surface area contributed by atoms with E-state index in [0.717, 1.165) is 10.9 Å². The van der Waals surface area contributed by atoms with E-state index >= 15 is 0 Å². The van der Waals surface area contributed by atoms with Crippen LogP contribution in [0.2, 0.25) is 5.02 Å². The molecule has 1 aromatic heterocycles.